The highest BCUT2D eigenvalue weighted by atomic mass is 16.4. The van der Waals surface area contributed by atoms with E-state index < -0.39 is 59.9 Å². The van der Waals surface area contributed by atoms with Gasteiger partial charge in [-0.1, -0.05) is 0 Å². The zero-order valence-corrected chi connectivity index (χ0v) is 20.9. The van der Waals surface area contributed by atoms with Crippen molar-refractivity contribution in [2.75, 3.05) is 13.1 Å². The number of aliphatic carboxylic acids is 2. The Kier molecular flexibility index (Phi) is 16.2. The Balaban J connectivity index is 5.52. The first-order valence-electron chi connectivity index (χ1n) is 11.8. The van der Waals surface area contributed by atoms with Crippen molar-refractivity contribution >= 4 is 35.6 Å². The fraction of sp³-hybridized carbons (Fsp3) is 0.714. The first-order valence-corrected chi connectivity index (χ1v) is 11.8. The fourth-order valence-electron chi connectivity index (χ4n) is 3.13. The summed E-state index contributed by atoms with van der Waals surface area (Å²) in [7, 11) is 0. The van der Waals surface area contributed by atoms with Crippen LogP contribution in [0, 0.1) is 0 Å². The standard InChI is InChI=1S/C21H40N8O8/c1-11(30)16(29-17(33)12(23)7-8-15(31)32)19(35)27-13(6-4-10-26-21(24)25)18(34)28-14(20(36)37)5-2-3-9-22/h11-14,16,30H,2-10,22-23H2,1H3,(H,27,35)(H,28,34)(H,29,33)(H,31,32)(H,36,37)(H4,24,25,26). The molecule has 0 heterocycles. The number of carboxylic acids is 2. The molecule has 16 nitrogen and oxygen atoms in total. The number of aliphatic hydroxyl groups is 1. The smallest absolute Gasteiger partial charge is 0.326 e. The number of rotatable bonds is 19. The maximum absolute atomic E-state index is 12.9. The van der Waals surface area contributed by atoms with Crippen molar-refractivity contribution in [2.24, 2.45) is 27.9 Å². The summed E-state index contributed by atoms with van der Waals surface area (Å²) >= 11 is 0. The fourth-order valence-corrected chi connectivity index (χ4v) is 3.13. The molecule has 0 bridgehead atoms. The second-order valence-corrected chi connectivity index (χ2v) is 8.46. The number of nitrogens with two attached hydrogens (primary N) is 4. The molecule has 0 saturated heterocycles. The summed E-state index contributed by atoms with van der Waals surface area (Å²) in [5.41, 5.74) is 21.6. The highest BCUT2D eigenvalue weighted by Gasteiger charge is 2.32. The number of carboxylic acid groups (broad SMARTS) is 2. The lowest BCUT2D eigenvalue weighted by Gasteiger charge is -2.26. The average molecular weight is 533 g/mol. The van der Waals surface area contributed by atoms with Gasteiger partial charge in [-0.15, -0.1) is 0 Å². The summed E-state index contributed by atoms with van der Waals surface area (Å²) in [6.45, 7) is 1.70. The van der Waals surface area contributed by atoms with Crippen LogP contribution in [0.2, 0.25) is 0 Å². The Labute approximate surface area is 214 Å². The molecule has 14 N–H and O–H groups in total. The number of aliphatic hydroxyl groups excluding tert-OH is 1. The van der Waals surface area contributed by atoms with Crippen molar-refractivity contribution in [3.05, 3.63) is 0 Å². The molecule has 0 aliphatic carbocycles. The Morgan fingerprint density at radius 3 is 1.95 bits per heavy atom. The van der Waals surface area contributed by atoms with E-state index in [1.165, 1.54) is 6.92 Å². The van der Waals surface area contributed by atoms with Crippen LogP contribution < -0.4 is 38.9 Å². The quantitative estimate of drug-likeness (QED) is 0.0436. The molecule has 0 fully saturated rings. The van der Waals surface area contributed by atoms with Gasteiger partial charge in [0.05, 0.1) is 12.1 Å². The summed E-state index contributed by atoms with van der Waals surface area (Å²) in [4.78, 5) is 64.2. The molecule has 0 aliphatic heterocycles. The molecule has 3 amide bonds. The SMILES string of the molecule is CC(O)C(NC(=O)C(N)CCC(=O)O)C(=O)NC(CCCN=C(N)N)C(=O)NC(CCCCN)C(=O)O. The molecule has 0 radical (unpaired) electrons. The van der Waals surface area contributed by atoms with Crippen molar-refractivity contribution in [1.29, 1.82) is 0 Å². The van der Waals surface area contributed by atoms with E-state index in [0.29, 0.717) is 19.4 Å². The number of unbranched alkanes of at least 4 members (excludes halogenated alkanes) is 1. The summed E-state index contributed by atoms with van der Waals surface area (Å²) in [6, 6.07) is -5.27. The molecule has 16 heteroatoms. The monoisotopic (exact) mass is 532 g/mol. The first-order chi connectivity index (χ1) is 17.3. The van der Waals surface area contributed by atoms with E-state index in [4.69, 9.17) is 28.0 Å². The number of carbonyl (C=O) groups is 5. The number of carbonyl (C=O) groups excluding carboxylic acids is 3. The number of hydrogen-bond donors (Lipinski definition) is 10. The third-order valence-corrected chi connectivity index (χ3v) is 5.21. The van der Waals surface area contributed by atoms with Gasteiger partial charge in [0.15, 0.2) is 5.96 Å². The van der Waals surface area contributed by atoms with Gasteiger partial charge in [0, 0.05) is 13.0 Å². The van der Waals surface area contributed by atoms with Crippen molar-refractivity contribution in [1.82, 2.24) is 16.0 Å². The number of amides is 3. The van der Waals surface area contributed by atoms with Crippen LogP contribution >= 0.6 is 0 Å². The van der Waals surface area contributed by atoms with Crippen LogP contribution in [0.1, 0.15) is 51.9 Å². The first kappa shape index (κ1) is 33.5. The molecule has 0 aromatic rings. The Bertz CT molecular complexity index is 803. The second-order valence-electron chi connectivity index (χ2n) is 8.46. The van der Waals surface area contributed by atoms with Crippen molar-refractivity contribution in [3.8, 4) is 0 Å². The molecule has 0 spiro atoms. The highest BCUT2D eigenvalue weighted by molar-refractivity contribution is 5.94. The zero-order valence-electron chi connectivity index (χ0n) is 20.9. The topological polar surface area (TPSA) is 299 Å². The van der Waals surface area contributed by atoms with E-state index in [2.05, 4.69) is 20.9 Å². The highest BCUT2D eigenvalue weighted by Crippen LogP contribution is 2.06. The van der Waals surface area contributed by atoms with Gasteiger partial charge >= 0.3 is 11.9 Å². The predicted octanol–water partition coefficient (Wildman–Crippen LogP) is -3.72. The van der Waals surface area contributed by atoms with E-state index in [0.717, 1.165) is 0 Å². The largest absolute Gasteiger partial charge is 0.481 e. The van der Waals surface area contributed by atoms with Crippen molar-refractivity contribution in [3.63, 3.8) is 0 Å². The number of aliphatic imine (C=N–C) groups is 1. The lowest BCUT2D eigenvalue weighted by molar-refractivity contribution is -0.142. The van der Waals surface area contributed by atoms with Crippen LogP contribution in [0.5, 0.6) is 0 Å². The Hall–Kier alpha value is -3.50. The Morgan fingerprint density at radius 2 is 1.43 bits per heavy atom. The number of guanidine groups is 1. The lowest BCUT2D eigenvalue weighted by Crippen LogP contribution is -2.59. The van der Waals surface area contributed by atoms with E-state index in [9.17, 15) is 34.2 Å². The maximum Gasteiger partial charge on any atom is 0.326 e. The van der Waals surface area contributed by atoms with Gasteiger partial charge in [0.2, 0.25) is 17.7 Å². The molecular formula is C21H40N8O8. The van der Waals surface area contributed by atoms with Gasteiger partial charge in [-0.2, -0.15) is 0 Å². The van der Waals surface area contributed by atoms with Crippen LogP contribution in [0.4, 0.5) is 0 Å². The maximum atomic E-state index is 12.9. The number of hydrogen-bond acceptors (Lipinski definition) is 9. The second kappa shape index (κ2) is 17.9. The molecule has 212 valence electrons. The van der Waals surface area contributed by atoms with Gasteiger partial charge in [-0.05, 0) is 52.0 Å². The molecule has 0 aliphatic rings. The van der Waals surface area contributed by atoms with Crippen molar-refractivity contribution < 1.29 is 39.3 Å². The van der Waals surface area contributed by atoms with Crippen LogP contribution in [-0.2, 0) is 24.0 Å². The molecule has 5 unspecified atom stereocenters. The third-order valence-electron chi connectivity index (χ3n) is 5.21. The van der Waals surface area contributed by atoms with Gasteiger partial charge in [0.1, 0.15) is 18.1 Å². The molecule has 37 heavy (non-hydrogen) atoms. The third kappa shape index (κ3) is 14.6. The van der Waals surface area contributed by atoms with E-state index in [-0.39, 0.29) is 44.6 Å². The average Bonchev–Trinajstić information content (AvgIpc) is 2.81. The van der Waals surface area contributed by atoms with E-state index >= 15 is 0 Å². The number of nitrogens with zero attached hydrogens (tertiary/aromatic N) is 1. The van der Waals surface area contributed by atoms with Crippen LogP contribution in [0.3, 0.4) is 0 Å². The molecule has 0 aromatic carbocycles. The van der Waals surface area contributed by atoms with Crippen LogP contribution in [0.25, 0.3) is 0 Å². The summed E-state index contributed by atoms with van der Waals surface area (Å²) in [5.74, 6) is -5.21. The zero-order chi connectivity index (χ0) is 28.5. The Morgan fingerprint density at radius 1 is 0.838 bits per heavy atom. The molecule has 5 atom stereocenters. The lowest BCUT2D eigenvalue weighted by atomic mass is 10.1. The molecule has 0 rings (SSSR count). The van der Waals surface area contributed by atoms with Gasteiger partial charge in [-0.25, -0.2) is 4.79 Å². The normalized spacial score (nSPS) is 14.8. The van der Waals surface area contributed by atoms with Gasteiger partial charge < -0.3 is 54.2 Å². The number of nitrogens with one attached hydrogen (secondary N) is 3. The minimum Gasteiger partial charge on any atom is -0.481 e. The minimum atomic E-state index is -1.53. The summed E-state index contributed by atoms with van der Waals surface area (Å²) in [6.07, 6.45) is -0.636. The van der Waals surface area contributed by atoms with Crippen molar-refractivity contribution in [2.45, 2.75) is 82.1 Å². The van der Waals surface area contributed by atoms with E-state index in [1.54, 1.807) is 0 Å². The molecular weight excluding hydrogens is 492 g/mol. The van der Waals surface area contributed by atoms with Gasteiger partial charge in [-0.3, -0.25) is 24.2 Å². The summed E-state index contributed by atoms with van der Waals surface area (Å²) in [5, 5.41) is 35.3. The van der Waals surface area contributed by atoms with Gasteiger partial charge in [0.25, 0.3) is 0 Å². The predicted molar refractivity (Wildman–Crippen MR) is 133 cm³/mol. The van der Waals surface area contributed by atoms with Crippen LogP contribution in [-0.4, -0.2) is 94.3 Å². The van der Waals surface area contributed by atoms with Crippen LogP contribution in [0.15, 0.2) is 4.99 Å². The minimum absolute atomic E-state index is 0.00208. The molecule has 0 saturated carbocycles. The summed E-state index contributed by atoms with van der Waals surface area (Å²) < 4.78 is 0. The molecule has 0 aromatic heterocycles. The van der Waals surface area contributed by atoms with E-state index in [1.807, 2.05) is 0 Å².